The van der Waals surface area contributed by atoms with Crippen molar-refractivity contribution in [2.24, 2.45) is 5.92 Å². The van der Waals surface area contributed by atoms with Crippen LogP contribution in [-0.2, 0) is 4.74 Å². The second-order valence-electron chi connectivity index (χ2n) is 5.83. The van der Waals surface area contributed by atoms with Crippen LogP contribution >= 0.6 is 0 Å². The van der Waals surface area contributed by atoms with Gasteiger partial charge in [-0.3, -0.25) is 0 Å². The summed E-state index contributed by atoms with van der Waals surface area (Å²) in [6.45, 7) is 13.5. The van der Waals surface area contributed by atoms with Gasteiger partial charge in [0.2, 0.25) is 0 Å². The van der Waals surface area contributed by atoms with E-state index in [1.54, 1.807) is 0 Å². The molecule has 0 saturated carbocycles. The molecule has 0 radical (unpaired) electrons. The molecule has 1 atom stereocenters. The van der Waals surface area contributed by atoms with Crippen molar-refractivity contribution in [3.8, 4) is 0 Å². The highest BCUT2D eigenvalue weighted by Crippen LogP contribution is 2.20. The van der Waals surface area contributed by atoms with Crippen LogP contribution in [0.3, 0.4) is 0 Å². The lowest BCUT2D eigenvalue weighted by Crippen LogP contribution is -2.42. The highest BCUT2D eigenvalue weighted by Gasteiger charge is 2.22. The monoisotopic (exact) mass is 270 g/mol. The van der Waals surface area contributed by atoms with Crippen LogP contribution in [-0.4, -0.2) is 50.3 Å². The Balaban J connectivity index is 1.97. The number of likely N-dealkylation sites (tertiary alicyclic amines) is 1. The molecule has 0 amide bonds. The van der Waals surface area contributed by atoms with Gasteiger partial charge in [0.15, 0.2) is 0 Å². The van der Waals surface area contributed by atoms with Crippen LogP contribution in [0.4, 0.5) is 0 Å². The Labute approximate surface area is 120 Å². The molecule has 0 aromatic rings. The van der Waals surface area contributed by atoms with Crippen LogP contribution in [0.1, 0.15) is 52.9 Å². The summed E-state index contributed by atoms with van der Waals surface area (Å²) < 4.78 is 5.58. The van der Waals surface area contributed by atoms with E-state index in [4.69, 9.17) is 4.74 Å². The second kappa shape index (κ2) is 10.6. The van der Waals surface area contributed by atoms with Crippen molar-refractivity contribution in [2.75, 3.05) is 39.4 Å². The zero-order valence-electron chi connectivity index (χ0n) is 13.3. The van der Waals surface area contributed by atoms with Gasteiger partial charge in [0.1, 0.15) is 0 Å². The Bertz CT molecular complexity index is 203. The van der Waals surface area contributed by atoms with E-state index in [0.717, 1.165) is 32.1 Å². The minimum atomic E-state index is 0.662. The smallest absolute Gasteiger partial charge is 0.0478 e. The van der Waals surface area contributed by atoms with Gasteiger partial charge in [-0.2, -0.15) is 0 Å². The molecule has 0 aromatic carbocycles. The summed E-state index contributed by atoms with van der Waals surface area (Å²) in [5, 5.41) is 3.68. The quantitative estimate of drug-likeness (QED) is 0.618. The van der Waals surface area contributed by atoms with Crippen molar-refractivity contribution in [2.45, 2.75) is 58.9 Å². The molecule has 0 aliphatic carbocycles. The number of hydrogen-bond acceptors (Lipinski definition) is 3. The molecular weight excluding hydrogens is 236 g/mol. The fraction of sp³-hybridized carbons (Fsp3) is 1.00. The van der Waals surface area contributed by atoms with Gasteiger partial charge in [-0.25, -0.2) is 0 Å². The van der Waals surface area contributed by atoms with E-state index in [-0.39, 0.29) is 0 Å². The Morgan fingerprint density at radius 1 is 1.16 bits per heavy atom. The van der Waals surface area contributed by atoms with Crippen LogP contribution in [0.5, 0.6) is 0 Å². The van der Waals surface area contributed by atoms with Crippen LogP contribution in [0.25, 0.3) is 0 Å². The fourth-order valence-electron chi connectivity index (χ4n) is 2.79. The third-order valence-corrected chi connectivity index (χ3v) is 4.36. The summed E-state index contributed by atoms with van der Waals surface area (Å²) in [6, 6.07) is 0.662. The molecule has 1 aliphatic heterocycles. The number of unbranched alkanes of at least 4 members (excludes halogenated alkanes) is 1. The molecule has 1 N–H and O–H groups in total. The van der Waals surface area contributed by atoms with E-state index in [9.17, 15) is 0 Å². The van der Waals surface area contributed by atoms with Crippen molar-refractivity contribution in [3.63, 3.8) is 0 Å². The average molecular weight is 270 g/mol. The van der Waals surface area contributed by atoms with Gasteiger partial charge >= 0.3 is 0 Å². The first-order valence-corrected chi connectivity index (χ1v) is 8.31. The molecular formula is C16H34N2O. The van der Waals surface area contributed by atoms with E-state index in [1.165, 1.54) is 45.3 Å². The van der Waals surface area contributed by atoms with Gasteiger partial charge < -0.3 is 15.0 Å². The predicted molar refractivity (Wildman–Crippen MR) is 82.6 cm³/mol. The van der Waals surface area contributed by atoms with Crippen LogP contribution in [0.2, 0.25) is 0 Å². The molecule has 1 fully saturated rings. The Morgan fingerprint density at radius 3 is 2.47 bits per heavy atom. The van der Waals surface area contributed by atoms with Gasteiger partial charge in [-0.15, -0.1) is 0 Å². The number of rotatable bonds is 10. The molecule has 1 heterocycles. The lowest BCUT2D eigenvalue weighted by molar-refractivity contribution is 0.126. The largest absolute Gasteiger partial charge is 0.381 e. The Hall–Kier alpha value is -0.120. The SMILES string of the molecule is CCCCOCCCNC(C)C1CCN(CC)CC1. The maximum Gasteiger partial charge on any atom is 0.0478 e. The zero-order valence-corrected chi connectivity index (χ0v) is 13.3. The Morgan fingerprint density at radius 2 is 1.84 bits per heavy atom. The zero-order chi connectivity index (χ0) is 13.9. The van der Waals surface area contributed by atoms with E-state index in [0.29, 0.717) is 6.04 Å². The van der Waals surface area contributed by atoms with Crippen molar-refractivity contribution < 1.29 is 4.74 Å². The molecule has 0 spiro atoms. The average Bonchev–Trinajstić information content (AvgIpc) is 2.46. The lowest BCUT2D eigenvalue weighted by Gasteiger charge is -2.34. The van der Waals surface area contributed by atoms with Crippen molar-refractivity contribution >= 4 is 0 Å². The number of nitrogens with one attached hydrogen (secondary N) is 1. The summed E-state index contributed by atoms with van der Waals surface area (Å²) in [6.07, 6.45) is 6.28. The van der Waals surface area contributed by atoms with E-state index in [2.05, 4.69) is 31.0 Å². The minimum absolute atomic E-state index is 0.662. The highest BCUT2D eigenvalue weighted by atomic mass is 16.5. The molecule has 3 nitrogen and oxygen atoms in total. The van der Waals surface area contributed by atoms with Gasteiger partial charge in [0.25, 0.3) is 0 Å². The Kier molecular flexibility index (Phi) is 9.48. The molecule has 19 heavy (non-hydrogen) atoms. The molecule has 1 aliphatic rings. The molecule has 0 bridgehead atoms. The maximum absolute atomic E-state index is 5.58. The number of nitrogens with zero attached hydrogens (tertiary/aromatic N) is 1. The standard InChI is InChI=1S/C16H34N2O/c1-4-6-13-19-14-7-10-17-15(3)16-8-11-18(5-2)12-9-16/h15-17H,4-14H2,1-3H3. The molecule has 0 aromatic heterocycles. The van der Waals surface area contributed by atoms with E-state index >= 15 is 0 Å². The maximum atomic E-state index is 5.58. The normalized spacial score (nSPS) is 19.7. The minimum Gasteiger partial charge on any atom is -0.381 e. The van der Waals surface area contributed by atoms with Crippen molar-refractivity contribution in [1.29, 1.82) is 0 Å². The third-order valence-electron chi connectivity index (χ3n) is 4.36. The number of hydrogen-bond donors (Lipinski definition) is 1. The number of piperidine rings is 1. The summed E-state index contributed by atoms with van der Waals surface area (Å²) in [5.74, 6) is 0.865. The third kappa shape index (κ3) is 7.28. The first-order chi connectivity index (χ1) is 9.27. The van der Waals surface area contributed by atoms with Gasteiger partial charge in [0, 0.05) is 19.3 Å². The molecule has 1 unspecified atom stereocenters. The second-order valence-corrected chi connectivity index (χ2v) is 5.83. The summed E-state index contributed by atoms with van der Waals surface area (Å²) >= 11 is 0. The fourth-order valence-corrected chi connectivity index (χ4v) is 2.79. The molecule has 1 rings (SSSR count). The molecule has 3 heteroatoms. The van der Waals surface area contributed by atoms with Crippen LogP contribution in [0, 0.1) is 5.92 Å². The molecule has 114 valence electrons. The van der Waals surface area contributed by atoms with Crippen molar-refractivity contribution in [3.05, 3.63) is 0 Å². The van der Waals surface area contributed by atoms with E-state index in [1.807, 2.05) is 0 Å². The first-order valence-electron chi connectivity index (χ1n) is 8.31. The number of ether oxygens (including phenoxy) is 1. The summed E-state index contributed by atoms with van der Waals surface area (Å²) in [7, 11) is 0. The highest BCUT2D eigenvalue weighted by molar-refractivity contribution is 4.79. The lowest BCUT2D eigenvalue weighted by atomic mass is 9.90. The van der Waals surface area contributed by atoms with Crippen molar-refractivity contribution in [1.82, 2.24) is 10.2 Å². The summed E-state index contributed by atoms with van der Waals surface area (Å²) in [4.78, 5) is 2.56. The van der Waals surface area contributed by atoms with Gasteiger partial charge in [0.05, 0.1) is 0 Å². The van der Waals surface area contributed by atoms with Gasteiger partial charge in [-0.1, -0.05) is 20.3 Å². The van der Waals surface area contributed by atoms with Gasteiger partial charge in [-0.05, 0) is 64.7 Å². The predicted octanol–water partition coefficient (Wildman–Crippen LogP) is 2.90. The first kappa shape index (κ1) is 16.9. The van der Waals surface area contributed by atoms with E-state index < -0.39 is 0 Å². The molecule has 1 saturated heterocycles. The van der Waals surface area contributed by atoms with Crippen LogP contribution < -0.4 is 5.32 Å². The summed E-state index contributed by atoms with van der Waals surface area (Å²) in [5.41, 5.74) is 0. The van der Waals surface area contributed by atoms with Crippen LogP contribution in [0.15, 0.2) is 0 Å². The topological polar surface area (TPSA) is 24.5 Å².